The summed E-state index contributed by atoms with van der Waals surface area (Å²) in [7, 11) is 0. The van der Waals surface area contributed by atoms with E-state index < -0.39 is 0 Å². The van der Waals surface area contributed by atoms with E-state index in [4.69, 9.17) is 4.74 Å². The summed E-state index contributed by atoms with van der Waals surface area (Å²) in [5.74, 6) is -0.198. The molecule has 1 heterocycles. The van der Waals surface area contributed by atoms with Gasteiger partial charge < -0.3 is 15.0 Å². The maximum atomic E-state index is 11.6. The lowest BCUT2D eigenvalue weighted by Gasteiger charge is -2.04. The molecule has 18 heavy (non-hydrogen) atoms. The third-order valence-corrected chi connectivity index (χ3v) is 2.48. The number of aromatic amines is 1. The van der Waals surface area contributed by atoms with E-state index in [1.165, 1.54) is 12.3 Å². The fraction of sp³-hybridized carbons (Fsp3) is 0.538. The minimum absolute atomic E-state index is 0.198. The molecule has 0 aliphatic heterocycles. The molecule has 1 rings (SSSR count). The molecular weight excluding hydrogens is 232 g/mol. The Morgan fingerprint density at radius 2 is 2.22 bits per heavy atom. The molecule has 0 saturated carbocycles. The maximum Gasteiger partial charge on any atom is 0.267 e. The van der Waals surface area contributed by atoms with Crippen molar-refractivity contribution in [2.75, 3.05) is 19.8 Å². The molecule has 0 bridgehead atoms. The van der Waals surface area contributed by atoms with Gasteiger partial charge in [-0.2, -0.15) is 0 Å². The smallest absolute Gasteiger partial charge is 0.267 e. The van der Waals surface area contributed by atoms with Crippen molar-refractivity contribution in [3.63, 3.8) is 0 Å². The number of unbranched alkanes of at least 4 members (excludes halogenated alkanes) is 1. The molecule has 0 saturated heterocycles. The number of rotatable bonds is 9. The topological polar surface area (TPSA) is 71.2 Å². The summed E-state index contributed by atoms with van der Waals surface area (Å²) in [4.78, 5) is 24.8. The molecule has 0 aromatic carbocycles. The van der Waals surface area contributed by atoms with Crippen molar-refractivity contribution in [3.05, 3.63) is 23.5 Å². The van der Waals surface area contributed by atoms with Gasteiger partial charge in [-0.1, -0.05) is 13.3 Å². The summed E-state index contributed by atoms with van der Waals surface area (Å²) in [6.45, 7) is 4.13. The molecule has 5 nitrogen and oxygen atoms in total. The molecule has 0 atom stereocenters. The van der Waals surface area contributed by atoms with E-state index in [0.717, 1.165) is 25.9 Å². The van der Waals surface area contributed by atoms with E-state index in [0.29, 0.717) is 30.7 Å². The van der Waals surface area contributed by atoms with E-state index in [1.807, 2.05) is 0 Å². The second-order valence-corrected chi connectivity index (χ2v) is 4.04. The molecule has 100 valence electrons. The summed E-state index contributed by atoms with van der Waals surface area (Å²) in [6, 6.07) is 1.53. The number of carbonyl (C=O) groups excluding carboxylic acids is 2. The number of hydrogen-bond acceptors (Lipinski definition) is 3. The summed E-state index contributed by atoms with van der Waals surface area (Å²) >= 11 is 0. The molecule has 0 aliphatic carbocycles. The molecule has 0 unspecified atom stereocenters. The zero-order valence-corrected chi connectivity index (χ0v) is 10.7. The minimum Gasteiger partial charge on any atom is -0.381 e. The number of aromatic nitrogens is 1. The van der Waals surface area contributed by atoms with E-state index in [9.17, 15) is 9.59 Å². The number of H-pyrrole nitrogens is 1. The van der Waals surface area contributed by atoms with Crippen molar-refractivity contribution in [2.24, 2.45) is 0 Å². The third kappa shape index (κ3) is 5.14. The van der Waals surface area contributed by atoms with Crippen LogP contribution in [0.5, 0.6) is 0 Å². The molecule has 2 N–H and O–H groups in total. The van der Waals surface area contributed by atoms with Gasteiger partial charge in [0.2, 0.25) is 0 Å². The van der Waals surface area contributed by atoms with Crippen LogP contribution in [0.3, 0.4) is 0 Å². The van der Waals surface area contributed by atoms with Crippen LogP contribution in [0.25, 0.3) is 0 Å². The highest BCUT2D eigenvalue weighted by molar-refractivity contribution is 5.94. The highest BCUT2D eigenvalue weighted by atomic mass is 16.5. The standard InChI is InChI=1S/C13H20N2O3/c1-2-3-6-18-7-4-5-14-13(17)12-8-11(10-16)9-15-12/h8-10,15H,2-7H2,1H3,(H,14,17). The van der Waals surface area contributed by atoms with Gasteiger partial charge in [0.25, 0.3) is 5.91 Å². The zero-order chi connectivity index (χ0) is 13.2. The Morgan fingerprint density at radius 3 is 2.89 bits per heavy atom. The van der Waals surface area contributed by atoms with Crippen LogP contribution in [0.2, 0.25) is 0 Å². The molecule has 1 amide bonds. The normalized spacial score (nSPS) is 10.3. The molecule has 5 heteroatoms. The summed E-state index contributed by atoms with van der Waals surface area (Å²) in [5, 5.41) is 2.76. The fourth-order valence-electron chi connectivity index (χ4n) is 1.43. The first-order valence-corrected chi connectivity index (χ1v) is 6.27. The SMILES string of the molecule is CCCCOCCCNC(=O)c1cc(C=O)c[nH]1. The van der Waals surface area contributed by atoms with Gasteiger partial charge >= 0.3 is 0 Å². The zero-order valence-electron chi connectivity index (χ0n) is 10.7. The number of carbonyl (C=O) groups is 2. The van der Waals surface area contributed by atoms with Crippen molar-refractivity contribution in [1.29, 1.82) is 0 Å². The van der Waals surface area contributed by atoms with Crippen LogP contribution in [-0.2, 0) is 4.74 Å². The van der Waals surface area contributed by atoms with Crippen LogP contribution in [0.15, 0.2) is 12.3 Å². The second kappa shape index (κ2) is 8.47. The van der Waals surface area contributed by atoms with Crippen molar-refractivity contribution < 1.29 is 14.3 Å². The second-order valence-electron chi connectivity index (χ2n) is 4.04. The van der Waals surface area contributed by atoms with Gasteiger partial charge in [-0.3, -0.25) is 9.59 Å². The Hall–Kier alpha value is -1.62. The lowest BCUT2D eigenvalue weighted by atomic mass is 10.3. The van der Waals surface area contributed by atoms with Gasteiger partial charge in [-0.25, -0.2) is 0 Å². The lowest BCUT2D eigenvalue weighted by Crippen LogP contribution is -2.25. The van der Waals surface area contributed by atoms with Crippen LogP contribution in [0, 0.1) is 0 Å². The monoisotopic (exact) mass is 252 g/mol. The minimum atomic E-state index is -0.198. The van der Waals surface area contributed by atoms with Crippen molar-refractivity contribution >= 4 is 12.2 Å². The van der Waals surface area contributed by atoms with E-state index in [2.05, 4.69) is 17.2 Å². The highest BCUT2D eigenvalue weighted by Crippen LogP contribution is 2.00. The number of aldehydes is 1. The van der Waals surface area contributed by atoms with E-state index >= 15 is 0 Å². The van der Waals surface area contributed by atoms with Crippen molar-refractivity contribution in [2.45, 2.75) is 26.2 Å². The first-order chi connectivity index (χ1) is 8.77. The average Bonchev–Trinajstić information content (AvgIpc) is 2.86. The predicted molar refractivity (Wildman–Crippen MR) is 68.9 cm³/mol. The van der Waals surface area contributed by atoms with Crippen LogP contribution in [-0.4, -0.2) is 36.9 Å². The highest BCUT2D eigenvalue weighted by Gasteiger charge is 2.06. The lowest BCUT2D eigenvalue weighted by molar-refractivity contribution is 0.0936. The summed E-state index contributed by atoms with van der Waals surface area (Å²) < 4.78 is 5.38. The van der Waals surface area contributed by atoms with E-state index in [-0.39, 0.29) is 5.91 Å². The predicted octanol–water partition coefficient (Wildman–Crippen LogP) is 1.76. The Morgan fingerprint density at radius 1 is 1.44 bits per heavy atom. The first kappa shape index (κ1) is 14.4. The molecule has 0 fully saturated rings. The Balaban J connectivity index is 2.11. The summed E-state index contributed by atoms with van der Waals surface area (Å²) in [5.41, 5.74) is 0.882. The molecule has 0 radical (unpaired) electrons. The van der Waals surface area contributed by atoms with Crippen LogP contribution in [0.4, 0.5) is 0 Å². The van der Waals surface area contributed by atoms with E-state index in [1.54, 1.807) is 0 Å². The van der Waals surface area contributed by atoms with Gasteiger partial charge in [0.1, 0.15) is 5.69 Å². The Bertz CT molecular complexity index is 374. The van der Waals surface area contributed by atoms with Gasteiger partial charge in [-0.05, 0) is 18.9 Å². The van der Waals surface area contributed by atoms with Crippen LogP contribution < -0.4 is 5.32 Å². The van der Waals surface area contributed by atoms with Gasteiger partial charge in [0, 0.05) is 31.5 Å². The Labute approximate surface area is 107 Å². The van der Waals surface area contributed by atoms with Crippen LogP contribution >= 0.6 is 0 Å². The third-order valence-electron chi connectivity index (χ3n) is 2.48. The molecule has 1 aromatic rings. The van der Waals surface area contributed by atoms with Crippen molar-refractivity contribution in [1.82, 2.24) is 10.3 Å². The maximum absolute atomic E-state index is 11.6. The van der Waals surface area contributed by atoms with Crippen LogP contribution in [0.1, 0.15) is 47.0 Å². The molecule has 0 spiro atoms. The molecular formula is C13H20N2O3. The van der Waals surface area contributed by atoms with Gasteiger partial charge in [-0.15, -0.1) is 0 Å². The molecule has 1 aromatic heterocycles. The number of nitrogens with one attached hydrogen (secondary N) is 2. The summed E-state index contributed by atoms with van der Waals surface area (Å²) in [6.07, 6.45) is 5.20. The quantitative estimate of drug-likeness (QED) is 0.519. The van der Waals surface area contributed by atoms with Gasteiger partial charge in [0.05, 0.1) is 0 Å². The number of hydrogen-bond donors (Lipinski definition) is 2. The Kier molecular flexibility index (Phi) is 6.79. The number of amides is 1. The number of ether oxygens (including phenoxy) is 1. The van der Waals surface area contributed by atoms with Crippen molar-refractivity contribution in [3.8, 4) is 0 Å². The largest absolute Gasteiger partial charge is 0.381 e. The first-order valence-electron chi connectivity index (χ1n) is 6.27. The van der Waals surface area contributed by atoms with Gasteiger partial charge in [0.15, 0.2) is 6.29 Å². The average molecular weight is 252 g/mol. The fourth-order valence-corrected chi connectivity index (χ4v) is 1.43. The molecule has 0 aliphatic rings.